The summed E-state index contributed by atoms with van der Waals surface area (Å²) in [5, 5.41) is 10.1. The maximum atomic E-state index is 12.6. The van der Waals surface area contributed by atoms with Crippen LogP contribution in [-0.4, -0.2) is 48.1 Å². The van der Waals surface area contributed by atoms with E-state index < -0.39 is 11.9 Å². The molecule has 2 N–H and O–H groups in total. The predicted molar refractivity (Wildman–Crippen MR) is 113 cm³/mol. The van der Waals surface area contributed by atoms with Crippen LogP contribution < -0.4 is 10.6 Å². The minimum atomic E-state index is -4.38. The molecule has 0 radical (unpaired) electrons. The van der Waals surface area contributed by atoms with Crippen LogP contribution in [0.15, 0.2) is 21.8 Å². The second kappa shape index (κ2) is 9.90. The van der Waals surface area contributed by atoms with Gasteiger partial charge in [-0.2, -0.15) is 13.2 Å². The Labute approximate surface area is 177 Å². The molecule has 1 aliphatic rings. The number of fused-ring (bicyclic) bond motifs is 1. The summed E-state index contributed by atoms with van der Waals surface area (Å²) in [6, 6.07) is 2.52. The number of aliphatic imine (C=N–C) groups is 1. The summed E-state index contributed by atoms with van der Waals surface area (Å²) in [5.41, 5.74) is 0.603. The third-order valence-corrected chi connectivity index (χ3v) is 6.72. The highest BCUT2D eigenvalue weighted by Crippen LogP contribution is 2.30. The number of nitrogens with zero attached hydrogens (tertiary/aromatic N) is 3. The van der Waals surface area contributed by atoms with Gasteiger partial charge in [-0.1, -0.05) is 0 Å². The van der Waals surface area contributed by atoms with Gasteiger partial charge in [-0.3, -0.25) is 9.89 Å². The lowest BCUT2D eigenvalue weighted by atomic mass is 10.1. The van der Waals surface area contributed by atoms with Gasteiger partial charge in [0.05, 0.1) is 11.6 Å². The third-order valence-electron chi connectivity index (χ3n) is 4.79. The summed E-state index contributed by atoms with van der Waals surface area (Å²) < 4.78 is 37.9. The van der Waals surface area contributed by atoms with Crippen LogP contribution in [0.25, 0.3) is 0 Å². The minimum Gasteiger partial charge on any atom is -0.357 e. The molecule has 1 aliphatic heterocycles. The van der Waals surface area contributed by atoms with Crippen molar-refractivity contribution < 1.29 is 13.2 Å². The van der Waals surface area contributed by atoms with Crippen LogP contribution in [0, 0.1) is 0 Å². The first-order valence-electron chi connectivity index (χ1n) is 9.70. The van der Waals surface area contributed by atoms with E-state index in [-0.39, 0.29) is 0 Å². The first-order valence-corrected chi connectivity index (χ1v) is 11.5. The Hall–Kier alpha value is -1.65. The summed E-state index contributed by atoms with van der Waals surface area (Å²) in [6.45, 7) is 8.03. The number of halogens is 3. The molecule has 160 valence electrons. The molecule has 5 nitrogen and oxygen atoms in total. The van der Waals surface area contributed by atoms with Crippen molar-refractivity contribution in [2.75, 3.05) is 26.2 Å². The molecule has 1 unspecified atom stereocenters. The normalized spacial score (nSPS) is 16.5. The minimum absolute atomic E-state index is 0.312. The van der Waals surface area contributed by atoms with Crippen LogP contribution in [-0.2, 0) is 25.6 Å². The highest BCUT2D eigenvalue weighted by molar-refractivity contribution is 7.10. The molecule has 29 heavy (non-hydrogen) atoms. The highest BCUT2D eigenvalue weighted by Gasteiger charge is 2.33. The largest absolute Gasteiger partial charge is 0.434 e. The first kappa shape index (κ1) is 22.0. The number of hydrogen-bond acceptors (Lipinski definition) is 5. The Morgan fingerprint density at radius 1 is 1.34 bits per heavy atom. The average Bonchev–Trinajstić information content (AvgIpc) is 3.34. The lowest BCUT2D eigenvalue weighted by Gasteiger charge is -2.31. The fourth-order valence-corrected chi connectivity index (χ4v) is 4.87. The molecule has 0 bridgehead atoms. The lowest BCUT2D eigenvalue weighted by molar-refractivity contribution is -0.140. The van der Waals surface area contributed by atoms with Crippen molar-refractivity contribution in [3.63, 3.8) is 0 Å². The number of alkyl halides is 3. The topological polar surface area (TPSA) is 52.6 Å². The van der Waals surface area contributed by atoms with Gasteiger partial charge in [0.2, 0.25) is 0 Å². The molecule has 1 atom stereocenters. The molecule has 0 amide bonds. The number of rotatable bonds is 7. The van der Waals surface area contributed by atoms with E-state index in [9.17, 15) is 13.2 Å². The van der Waals surface area contributed by atoms with Gasteiger partial charge in [0.25, 0.3) is 0 Å². The van der Waals surface area contributed by atoms with Crippen molar-refractivity contribution in [2.45, 2.75) is 45.5 Å². The van der Waals surface area contributed by atoms with Gasteiger partial charge in [0.15, 0.2) is 11.7 Å². The van der Waals surface area contributed by atoms with Crippen LogP contribution in [0.1, 0.15) is 35.0 Å². The van der Waals surface area contributed by atoms with Crippen molar-refractivity contribution in [3.8, 4) is 0 Å². The molecular weight excluding hydrogens is 419 g/mol. The molecule has 0 fully saturated rings. The van der Waals surface area contributed by atoms with Crippen LogP contribution >= 0.6 is 22.7 Å². The molecule has 3 rings (SSSR count). The maximum Gasteiger partial charge on any atom is 0.434 e. The zero-order chi connectivity index (χ0) is 20.9. The van der Waals surface area contributed by atoms with E-state index in [1.807, 2.05) is 18.3 Å². The number of thiazole rings is 1. The average molecular weight is 446 g/mol. The zero-order valence-electron chi connectivity index (χ0n) is 16.6. The summed E-state index contributed by atoms with van der Waals surface area (Å²) in [7, 11) is 0. The van der Waals surface area contributed by atoms with Gasteiger partial charge in [0, 0.05) is 48.9 Å². The number of nitrogens with one attached hydrogen (secondary N) is 2. The molecule has 0 spiro atoms. The molecule has 0 aliphatic carbocycles. The zero-order valence-corrected chi connectivity index (χ0v) is 18.2. The van der Waals surface area contributed by atoms with Crippen LogP contribution in [0.5, 0.6) is 0 Å². The molecule has 2 aromatic rings. The van der Waals surface area contributed by atoms with Crippen LogP contribution in [0.2, 0.25) is 0 Å². The van der Waals surface area contributed by atoms with E-state index in [1.165, 1.54) is 10.4 Å². The van der Waals surface area contributed by atoms with Gasteiger partial charge in [0.1, 0.15) is 0 Å². The SMILES string of the molecule is CCNC(=NCC(C)N1CCc2sccc2C1)NCCc1nc(C(F)(F)F)cs1. The smallest absolute Gasteiger partial charge is 0.357 e. The van der Waals surface area contributed by atoms with Crippen molar-refractivity contribution in [1.29, 1.82) is 0 Å². The van der Waals surface area contributed by atoms with E-state index in [4.69, 9.17) is 0 Å². The fraction of sp³-hybridized carbons (Fsp3) is 0.579. The van der Waals surface area contributed by atoms with E-state index in [2.05, 4.69) is 43.9 Å². The standard InChI is InChI=1S/C19H26F3N5S2/c1-3-23-18(24-7-4-17-26-16(12-29-17)19(20,21)22)25-10-13(2)27-8-5-15-14(11-27)6-9-28-15/h6,9,12-13H,3-5,7-8,10-11H2,1-2H3,(H2,23,24,25). The van der Waals surface area contributed by atoms with Crippen LogP contribution in [0.4, 0.5) is 13.2 Å². The lowest BCUT2D eigenvalue weighted by Crippen LogP contribution is -2.41. The van der Waals surface area contributed by atoms with Gasteiger partial charge in [-0.25, -0.2) is 4.98 Å². The molecule has 2 aromatic heterocycles. The molecule has 0 saturated heterocycles. The van der Waals surface area contributed by atoms with Crippen molar-refractivity contribution >= 4 is 28.6 Å². The van der Waals surface area contributed by atoms with E-state index >= 15 is 0 Å². The second-order valence-electron chi connectivity index (χ2n) is 6.96. The summed E-state index contributed by atoms with van der Waals surface area (Å²) in [5.74, 6) is 0.681. The summed E-state index contributed by atoms with van der Waals surface area (Å²) in [6.07, 6.45) is -2.87. The highest BCUT2D eigenvalue weighted by atomic mass is 32.1. The monoisotopic (exact) mass is 445 g/mol. The first-order chi connectivity index (χ1) is 13.9. The Balaban J connectivity index is 1.48. The van der Waals surface area contributed by atoms with E-state index in [1.54, 1.807) is 0 Å². The Bertz CT molecular complexity index is 815. The maximum absolute atomic E-state index is 12.6. The van der Waals surface area contributed by atoms with Crippen molar-refractivity contribution in [1.82, 2.24) is 20.5 Å². The van der Waals surface area contributed by atoms with Gasteiger partial charge >= 0.3 is 6.18 Å². The summed E-state index contributed by atoms with van der Waals surface area (Å²) >= 11 is 2.87. The Morgan fingerprint density at radius 3 is 2.90 bits per heavy atom. The molecular formula is C19H26F3N5S2. The molecule has 0 saturated carbocycles. The van der Waals surface area contributed by atoms with E-state index in [0.29, 0.717) is 36.5 Å². The number of guanidine groups is 1. The number of hydrogen-bond donors (Lipinski definition) is 2. The Morgan fingerprint density at radius 2 is 2.17 bits per heavy atom. The third kappa shape index (κ3) is 6.16. The van der Waals surface area contributed by atoms with E-state index in [0.717, 1.165) is 42.8 Å². The molecule has 0 aromatic carbocycles. The molecule has 10 heteroatoms. The quantitative estimate of drug-likeness (QED) is 0.503. The fourth-order valence-electron chi connectivity index (χ4n) is 3.17. The predicted octanol–water partition coefficient (Wildman–Crippen LogP) is 3.77. The Kier molecular flexibility index (Phi) is 7.53. The molecule has 3 heterocycles. The number of thiophene rings is 1. The van der Waals surface area contributed by atoms with Crippen LogP contribution in [0.3, 0.4) is 0 Å². The second-order valence-corrected chi connectivity index (χ2v) is 8.90. The number of aromatic nitrogens is 1. The summed E-state index contributed by atoms with van der Waals surface area (Å²) in [4.78, 5) is 12.3. The van der Waals surface area contributed by atoms with Crippen molar-refractivity contribution in [2.24, 2.45) is 4.99 Å². The van der Waals surface area contributed by atoms with Gasteiger partial charge < -0.3 is 10.6 Å². The van der Waals surface area contributed by atoms with Gasteiger partial charge in [-0.05, 0) is 37.3 Å². The van der Waals surface area contributed by atoms with Gasteiger partial charge in [-0.15, -0.1) is 22.7 Å². The van der Waals surface area contributed by atoms with Crippen molar-refractivity contribution in [3.05, 3.63) is 38.0 Å².